The van der Waals surface area contributed by atoms with Crippen molar-refractivity contribution >= 4 is 11.7 Å². The summed E-state index contributed by atoms with van der Waals surface area (Å²) in [5, 5.41) is 12.1. The molecule has 1 saturated carbocycles. The Kier molecular flexibility index (Phi) is 4.32. The van der Waals surface area contributed by atoms with Crippen LogP contribution in [0.1, 0.15) is 51.9 Å². The average molecular weight is 267 g/mol. The second-order valence-corrected chi connectivity index (χ2v) is 5.97. The lowest BCUT2D eigenvalue weighted by Gasteiger charge is -2.31. The maximum atomic E-state index is 12.8. The molecular formula is C14H25N3O2. The number of carbonyl (C=O) groups excluding carboxylic acids is 1. The first-order valence-corrected chi connectivity index (χ1v) is 7.41. The van der Waals surface area contributed by atoms with Crippen molar-refractivity contribution in [1.29, 1.82) is 0 Å². The van der Waals surface area contributed by atoms with E-state index in [1.807, 2.05) is 4.90 Å². The minimum absolute atomic E-state index is 0.0823. The predicted molar refractivity (Wildman–Crippen MR) is 73.9 cm³/mol. The average Bonchev–Trinajstić information content (AvgIpc) is 3.07. The van der Waals surface area contributed by atoms with E-state index in [2.05, 4.69) is 12.1 Å². The van der Waals surface area contributed by atoms with Gasteiger partial charge in [0.1, 0.15) is 5.41 Å². The number of hydrogen-bond acceptors (Lipinski definition) is 3. The number of rotatable bonds is 4. The summed E-state index contributed by atoms with van der Waals surface area (Å²) in [6, 6.07) is 0. The van der Waals surface area contributed by atoms with E-state index in [4.69, 9.17) is 10.9 Å². The molecule has 0 bridgehead atoms. The van der Waals surface area contributed by atoms with Gasteiger partial charge >= 0.3 is 0 Å². The van der Waals surface area contributed by atoms with Gasteiger partial charge in [-0.05, 0) is 31.6 Å². The van der Waals surface area contributed by atoms with Gasteiger partial charge in [0.25, 0.3) is 0 Å². The van der Waals surface area contributed by atoms with E-state index in [-0.39, 0.29) is 11.7 Å². The van der Waals surface area contributed by atoms with Crippen molar-refractivity contribution in [3.63, 3.8) is 0 Å². The van der Waals surface area contributed by atoms with Crippen molar-refractivity contribution in [2.75, 3.05) is 13.1 Å². The summed E-state index contributed by atoms with van der Waals surface area (Å²) in [7, 11) is 0. The highest BCUT2D eigenvalue weighted by atomic mass is 16.4. The molecule has 0 aromatic rings. The molecule has 2 fully saturated rings. The van der Waals surface area contributed by atoms with Crippen LogP contribution in [-0.2, 0) is 4.79 Å². The van der Waals surface area contributed by atoms with Crippen molar-refractivity contribution in [3.8, 4) is 0 Å². The van der Waals surface area contributed by atoms with Crippen molar-refractivity contribution in [1.82, 2.24) is 4.90 Å². The van der Waals surface area contributed by atoms with E-state index in [9.17, 15) is 4.79 Å². The Morgan fingerprint density at radius 2 is 2.16 bits per heavy atom. The van der Waals surface area contributed by atoms with Gasteiger partial charge in [0, 0.05) is 13.1 Å². The molecule has 0 aromatic heterocycles. The summed E-state index contributed by atoms with van der Waals surface area (Å²) in [4.78, 5) is 14.7. The molecule has 19 heavy (non-hydrogen) atoms. The molecule has 2 aliphatic rings. The van der Waals surface area contributed by atoms with Gasteiger partial charge < -0.3 is 15.8 Å². The van der Waals surface area contributed by atoms with E-state index in [1.54, 1.807) is 0 Å². The van der Waals surface area contributed by atoms with Crippen LogP contribution < -0.4 is 5.73 Å². The van der Waals surface area contributed by atoms with E-state index in [0.717, 1.165) is 51.6 Å². The Hall–Kier alpha value is -1.26. The van der Waals surface area contributed by atoms with E-state index in [1.165, 1.54) is 6.42 Å². The first kappa shape index (κ1) is 14.2. The second kappa shape index (κ2) is 5.80. The summed E-state index contributed by atoms with van der Waals surface area (Å²) >= 11 is 0. The number of carbonyl (C=O) groups is 1. The molecule has 108 valence electrons. The summed E-state index contributed by atoms with van der Waals surface area (Å²) in [5.74, 6) is 0.813. The minimum Gasteiger partial charge on any atom is -0.409 e. The second-order valence-electron chi connectivity index (χ2n) is 5.97. The van der Waals surface area contributed by atoms with Crippen LogP contribution in [0.2, 0.25) is 0 Å². The molecule has 1 unspecified atom stereocenters. The molecule has 1 aliphatic carbocycles. The molecule has 1 heterocycles. The standard InChI is InChI=1S/C14H25N3O2/c1-2-5-11-6-9-17(10-11)13(18)14(12(15)16-19)7-3-4-8-14/h11,19H,2-10H2,1H3,(H2,15,16). The lowest BCUT2D eigenvalue weighted by Crippen LogP contribution is -2.49. The number of oxime groups is 1. The smallest absolute Gasteiger partial charge is 0.236 e. The molecule has 3 N–H and O–H groups in total. The van der Waals surface area contributed by atoms with Crippen LogP contribution in [0.5, 0.6) is 0 Å². The van der Waals surface area contributed by atoms with Crippen LogP contribution in [0.4, 0.5) is 0 Å². The van der Waals surface area contributed by atoms with Crippen LogP contribution in [-0.4, -0.2) is 34.9 Å². The maximum Gasteiger partial charge on any atom is 0.236 e. The largest absolute Gasteiger partial charge is 0.409 e. The normalized spacial score (nSPS) is 26.9. The summed E-state index contributed by atoms with van der Waals surface area (Å²) < 4.78 is 0. The molecule has 1 saturated heterocycles. The number of nitrogens with zero attached hydrogens (tertiary/aromatic N) is 2. The van der Waals surface area contributed by atoms with E-state index < -0.39 is 5.41 Å². The van der Waals surface area contributed by atoms with Crippen LogP contribution in [0, 0.1) is 11.3 Å². The Morgan fingerprint density at radius 1 is 1.47 bits per heavy atom. The number of amides is 1. The topological polar surface area (TPSA) is 78.9 Å². The Labute approximate surface area is 114 Å². The molecule has 1 atom stereocenters. The molecule has 0 aromatic carbocycles. The van der Waals surface area contributed by atoms with Crippen molar-refractivity contribution in [2.45, 2.75) is 51.9 Å². The zero-order valence-electron chi connectivity index (χ0n) is 11.8. The monoisotopic (exact) mass is 267 g/mol. The summed E-state index contributed by atoms with van der Waals surface area (Å²) in [6.45, 7) is 3.84. The maximum absolute atomic E-state index is 12.8. The molecular weight excluding hydrogens is 242 g/mol. The van der Waals surface area contributed by atoms with E-state index in [0.29, 0.717) is 5.92 Å². The lowest BCUT2D eigenvalue weighted by atomic mass is 9.83. The molecule has 5 heteroatoms. The van der Waals surface area contributed by atoms with Crippen LogP contribution in [0.25, 0.3) is 0 Å². The highest BCUT2D eigenvalue weighted by molar-refractivity contribution is 6.07. The van der Waals surface area contributed by atoms with Gasteiger partial charge in [-0.15, -0.1) is 0 Å². The highest BCUT2D eigenvalue weighted by Gasteiger charge is 2.48. The van der Waals surface area contributed by atoms with Gasteiger partial charge in [0.15, 0.2) is 5.84 Å². The zero-order valence-corrected chi connectivity index (χ0v) is 11.8. The molecule has 0 radical (unpaired) electrons. The van der Waals surface area contributed by atoms with Crippen LogP contribution in [0.3, 0.4) is 0 Å². The number of likely N-dealkylation sites (tertiary alicyclic amines) is 1. The minimum atomic E-state index is -0.726. The van der Waals surface area contributed by atoms with Crippen LogP contribution >= 0.6 is 0 Å². The molecule has 2 rings (SSSR count). The Morgan fingerprint density at radius 3 is 2.74 bits per heavy atom. The summed E-state index contributed by atoms with van der Waals surface area (Å²) in [6.07, 6.45) is 6.83. The third-order valence-corrected chi connectivity index (χ3v) is 4.73. The third kappa shape index (κ3) is 2.55. The first-order valence-electron chi connectivity index (χ1n) is 7.41. The number of nitrogens with two attached hydrogens (primary N) is 1. The van der Waals surface area contributed by atoms with Gasteiger partial charge in [0.05, 0.1) is 0 Å². The highest BCUT2D eigenvalue weighted by Crippen LogP contribution is 2.41. The fourth-order valence-electron chi connectivity index (χ4n) is 3.62. The summed E-state index contributed by atoms with van der Waals surface area (Å²) in [5.41, 5.74) is 5.10. The number of hydrogen-bond donors (Lipinski definition) is 2. The predicted octanol–water partition coefficient (Wildman–Crippen LogP) is 1.94. The van der Waals surface area contributed by atoms with Crippen molar-refractivity contribution in [3.05, 3.63) is 0 Å². The fraction of sp³-hybridized carbons (Fsp3) is 0.857. The zero-order chi connectivity index (χ0) is 13.9. The molecule has 0 spiro atoms. The third-order valence-electron chi connectivity index (χ3n) is 4.73. The Bertz CT molecular complexity index is 362. The van der Waals surface area contributed by atoms with Crippen molar-refractivity contribution < 1.29 is 10.0 Å². The van der Waals surface area contributed by atoms with Gasteiger partial charge in [-0.2, -0.15) is 0 Å². The van der Waals surface area contributed by atoms with Gasteiger partial charge in [0.2, 0.25) is 5.91 Å². The van der Waals surface area contributed by atoms with Gasteiger partial charge in [-0.1, -0.05) is 31.3 Å². The molecule has 1 aliphatic heterocycles. The van der Waals surface area contributed by atoms with Crippen LogP contribution in [0.15, 0.2) is 5.16 Å². The quantitative estimate of drug-likeness (QED) is 0.353. The SMILES string of the molecule is CCCC1CCN(C(=O)C2(C(N)=NO)CCCC2)C1. The first-order chi connectivity index (χ1) is 9.14. The van der Waals surface area contributed by atoms with Gasteiger partial charge in [-0.3, -0.25) is 4.79 Å². The lowest BCUT2D eigenvalue weighted by molar-refractivity contribution is -0.137. The van der Waals surface area contributed by atoms with Crippen molar-refractivity contribution in [2.24, 2.45) is 22.2 Å². The molecule has 5 nitrogen and oxygen atoms in total. The van der Waals surface area contributed by atoms with E-state index >= 15 is 0 Å². The van der Waals surface area contributed by atoms with Gasteiger partial charge in [-0.25, -0.2) is 0 Å². The Balaban J connectivity index is 2.09. The number of amidine groups is 1. The molecule has 1 amide bonds. The fourth-order valence-corrected chi connectivity index (χ4v) is 3.62.